The Balaban J connectivity index is 1.69. The average Bonchev–Trinajstić information content (AvgIpc) is 2.67. The van der Waals surface area contributed by atoms with Gasteiger partial charge >= 0.3 is 0 Å². The van der Waals surface area contributed by atoms with Gasteiger partial charge in [-0.25, -0.2) is 0 Å². The normalized spacial score (nSPS) is 17.2. The summed E-state index contributed by atoms with van der Waals surface area (Å²) in [6, 6.07) is 17.3. The molecule has 3 rings (SSSR count). The average molecular weight is 336 g/mol. The summed E-state index contributed by atoms with van der Waals surface area (Å²) in [6.45, 7) is 3.21. The summed E-state index contributed by atoms with van der Waals surface area (Å²) >= 11 is 0. The van der Waals surface area contributed by atoms with Crippen LogP contribution in [0.1, 0.15) is 28.8 Å². The fourth-order valence-electron chi connectivity index (χ4n) is 3.29. The van der Waals surface area contributed by atoms with Crippen LogP contribution in [0.15, 0.2) is 54.6 Å². The SMILES string of the molecule is Cc1ccc(C(=O)N2CCCC(C(=O)N(C)c3ccccc3)C2)cc1. The van der Waals surface area contributed by atoms with Crippen molar-refractivity contribution in [3.8, 4) is 0 Å². The monoisotopic (exact) mass is 336 g/mol. The molecule has 4 heteroatoms. The van der Waals surface area contributed by atoms with E-state index in [0.717, 1.165) is 24.1 Å². The van der Waals surface area contributed by atoms with Crippen LogP contribution in [0.2, 0.25) is 0 Å². The summed E-state index contributed by atoms with van der Waals surface area (Å²) in [6.07, 6.45) is 1.68. The number of aryl methyl sites for hydroxylation is 1. The Labute approximate surface area is 149 Å². The van der Waals surface area contributed by atoms with Crippen LogP contribution in [0.5, 0.6) is 0 Å². The van der Waals surface area contributed by atoms with Crippen LogP contribution >= 0.6 is 0 Å². The first-order valence-corrected chi connectivity index (χ1v) is 8.75. The second-order valence-electron chi connectivity index (χ2n) is 6.69. The predicted molar refractivity (Wildman–Crippen MR) is 99.7 cm³/mol. The number of anilines is 1. The van der Waals surface area contributed by atoms with Crippen LogP contribution in [0.4, 0.5) is 5.69 Å². The van der Waals surface area contributed by atoms with Gasteiger partial charge < -0.3 is 9.80 Å². The molecule has 1 saturated heterocycles. The van der Waals surface area contributed by atoms with E-state index < -0.39 is 0 Å². The third kappa shape index (κ3) is 3.90. The highest BCUT2D eigenvalue weighted by atomic mass is 16.2. The molecule has 1 unspecified atom stereocenters. The third-order valence-electron chi connectivity index (χ3n) is 4.83. The number of carbonyl (C=O) groups excluding carboxylic acids is 2. The standard InChI is InChI=1S/C21H24N2O2/c1-16-10-12-17(13-11-16)21(25)23-14-6-7-18(15-23)20(24)22(2)19-8-4-3-5-9-19/h3-5,8-13,18H,6-7,14-15H2,1-2H3. The maximum Gasteiger partial charge on any atom is 0.253 e. The topological polar surface area (TPSA) is 40.6 Å². The molecule has 0 aliphatic carbocycles. The van der Waals surface area contributed by atoms with E-state index >= 15 is 0 Å². The number of hydrogen-bond donors (Lipinski definition) is 0. The van der Waals surface area contributed by atoms with Crippen LogP contribution in [-0.2, 0) is 4.79 Å². The molecule has 1 heterocycles. The molecular weight excluding hydrogens is 312 g/mol. The van der Waals surface area contributed by atoms with Crippen molar-refractivity contribution in [3.63, 3.8) is 0 Å². The van der Waals surface area contributed by atoms with Gasteiger partial charge in [-0.2, -0.15) is 0 Å². The summed E-state index contributed by atoms with van der Waals surface area (Å²) < 4.78 is 0. The molecular formula is C21H24N2O2. The van der Waals surface area contributed by atoms with Gasteiger partial charge in [-0.05, 0) is 44.0 Å². The number of nitrogens with zero attached hydrogens (tertiary/aromatic N) is 2. The molecule has 1 fully saturated rings. The zero-order valence-corrected chi connectivity index (χ0v) is 14.8. The van der Waals surface area contributed by atoms with Crippen molar-refractivity contribution in [2.24, 2.45) is 5.92 Å². The molecule has 0 radical (unpaired) electrons. The van der Waals surface area contributed by atoms with E-state index in [1.54, 1.807) is 11.9 Å². The van der Waals surface area contributed by atoms with Gasteiger partial charge in [0.25, 0.3) is 5.91 Å². The molecule has 4 nitrogen and oxygen atoms in total. The number of hydrogen-bond acceptors (Lipinski definition) is 2. The first-order valence-electron chi connectivity index (χ1n) is 8.75. The molecule has 1 aliphatic heterocycles. The highest BCUT2D eigenvalue weighted by molar-refractivity contribution is 5.97. The number of para-hydroxylation sites is 1. The number of rotatable bonds is 3. The summed E-state index contributed by atoms with van der Waals surface area (Å²) in [7, 11) is 1.80. The Morgan fingerprint density at radius 1 is 1.04 bits per heavy atom. The van der Waals surface area contributed by atoms with Crippen LogP contribution in [-0.4, -0.2) is 36.9 Å². The zero-order chi connectivity index (χ0) is 17.8. The molecule has 0 N–H and O–H groups in total. The van der Waals surface area contributed by atoms with Crippen molar-refractivity contribution >= 4 is 17.5 Å². The molecule has 0 aromatic heterocycles. The number of amides is 2. The zero-order valence-electron chi connectivity index (χ0n) is 14.8. The van der Waals surface area contributed by atoms with Crippen molar-refractivity contribution in [2.45, 2.75) is 19.8 Å². The molecule has 130 valence electrons. The highest BCUT2D eigenvalue weighted by Crippen LogP contribution is 2.23. The quantitative estimate of drug-likeness (QED) is 0.860. The molecule has 0 saturated carbocycles. The number of carbonyl (C=O) groups is 2. The fourth-order valence-corrected chi connectivity index (χ4v) is 3.29. The van der Waals surface area contributed by atoms with Crippen molar-refractivity contribution in [3.05, 3.63) is 65.7 Å². The smallest absolute Gasteiger partial charge is 0.253 e. The molecule has 0 spiro atoms. The number of benzene rings is 2. The minimum Gasteiger partial charge on any atom is -0.338 e. The Kier molecular flexibility index (Phi) is 5.17. The number of piperidine rings is 1. The van der Waals surface area contributed by atoms with Gasteiger partial charge in [0.1, 0.15) is 0 Å². The van der Waals surface area contributed by atoms with E-state index in [0.29, 0.717) is 18.7 Å². The second kappa shape index (κ2) is 7.51. The summed E-state index contributed by atoms with van der Waals surface area (Å²) in [5.41, 5.74) is 2.71. The van der Waals surface area contributed by atoms with Gasteiger partial charge in [0.2, 0.25) is 5.91 Å². The van der Waals surface area contributed by atoms with Gasteiger partial charge in [0, 0.05) is 31.4 Å². The Hall–Kier alpha value is -2.62. The van der Waals surface area contributed by atoms with Crippen LogP contribution in [0.25, 0.3) is 0 Å². The lowest BCUT2D eigenvalue weighted by Crippen LogP contribution is -2.46. The Morgan fingerprint density at radius 2 is 1.72 bits per heavy atom. The van der Waals surface area contributed by atoms with Crippen molar-refractivity contribution < 1.29 is 9.59 Å². The lowest BCUT2D eigenvalue weighted by molar-refractivity contribution is -0.123. The lowest BCUT2D eigenvalue weighted by Gasteiger charge is -2.34. The molecule has 0 bridgehead atoms. The third-order valence-corrected chi connectivity index (χ3v) is 4.83. The van der Waals surface area contributed by atoms with E-state index in [9.17, 15) is 9.59 Å². The van der Waals surface area contributed by atoms with Gasteiger partial charge in [-0.1, -0.05) is 35.9 Å². The van der Waals surface area contributed by atoms with Crippen molar-refractivity contribution in [1.29, 1.82) is 0 Å². The first-order chi connectivity index (χ1) is 12.1. The van der Waals surface area contributed by atoms with E-state index in [1.807, 2.05) is 66.4 Å². The highest BCUT2D eigenvalue weighted by Gasteiger charge is 2.30. The summed E-state index contributed by atoms with van der Waals surface area (Å²) in [5, 5.41) is 0. The maximum absolute atomic E-state index is 12.8. The maximum atomic E-state index is 12.8. The summed E-state index contributed by atoms with van der Waals surface area (Å²) in [4.78, 5) is 29.1. The van der Waals surface area contributed by atoms with Gasteiger partial charge in [-0.15, -0.1) is 0 Å². The largest absolute Gasteiger partial charge is 0.338 e. The Morgan fingerprint density at radius 3 is 2.40 bits per heavy atom. The first kappa shape index (κ1) is 17.2. The molecule has 25 heavy (non-hydrogen) atoms. The van der Waals surface area contributed by atoms with Gasteiger partial charge in [0.05, 0.1) is 5.92 Å². The molecule has 2 amide bonds. The van der Waals surface area contributed by atoms with Crippen LogP contribution < -0.4 is 4.90 Å². The van der Waals surface area contributed by atoms with E-state index in [-0.39, 0.29) is 17.7 Å². The van der Waals surface area contributed by atoms with E-state index in [4.69, 9.17) is 0 Å². The van der Waals surface area contributed by atoms with Crippen LogP contribution in [0.3, 0.4) is 0 Å². The van der Waals surface area contributed by atoms with Crippen LogP contribution in [0, 0.1) is 12.8 Å². The molecule has 1 atom stereocenters. The molecule has 2 aromatic carbocycles. The molecule has 1 aliphatic rings. The minimum absolute atomic E-state index is 0.0138. The van der Waals surface area contributed by atoms with E-state index in [1.165, 1.54) is 0 Å². The summed E-state index contributed by atoms with van der Waals surface area (Å²) in [5.74, 6) is -0.0548. The van der Waals surface area contributed by atoms with E-state index in [2.05, 4.69) is 0 Å². The minimum atomic E-state index is -0.145. The molecule has 2 aromatic rings. The van der Waals surface area contributed by atoms with Crippen molar-refractivity contribution in [1.82, 2.24) is 4.90 Å². The number of likely N-dealkylation sites (tertiary alicyclic amines) is 1. The van der Waals surface area contributed by atoms with Gasteiger partial charge in [0.15, 0.2) is 0 Å². The predicted octanol–water partition coefficient (Wildman–Crippen LogP) is 3.51. The fraction of sp³-hybridized carbons (Fsp3) is 0.333. The van der Waals surface area contributed by atoms with Gasteiger partial charge in [-0.3, -0.25) is 9.59 Å². The van der Waals surface area contributed by atoms with Crippen molar-refractivity contribution in [2.75, 3.05) is 25.0 Å². The second-order valence-corrected chi connectivity index (χ2v) is 6.69. The Bertz CT molecular complexity index is 740. The lowest BCUT2D eigenvalue weighted by atomic mass is 9.95.